The number of thiophene rings is 1. The van der Waals surface area contributed by atoms with E-state index < -0.39 is 0 Å². The standard InChI is InChI=1S/C15H19ClN2S/c1-2-13-7-8-14(19-13)10-12(18-17)9-11-5-3-4-6-15(11)16/h3-8,12,18H,2,9-10,17H2,1H3. The van der Waals surface area contributed by atoms with Crippen molar-refractivity contribution in [3.63, 3.8) is 0 Å². The van der Waals surface area contributed by atoms with Crippen molar-refractivity contribution in [3.05, 3.63) is 56.7 Å². The van der Waals surface area contributed by atoms with Gasteiger partial charge in [-0.2, -0.15) is 0 Å². The summed E-state index contributed by atoms with van der Waals surface area (Å²) in [7, 11) is 0. The number of rotatable bonds is 6. The molecule has 1 aromatic carbocycles. The van der Waals surface area contributed by atoms with Gasteiger partial charge in [0.25, 0.3) is 0 Å². The van der Waals surface area contributed by atoms with Gasteiger partial charge < -0.3 is 0 Å². The summed E-state index contributed by atoms with van der Waals surface area (Å²) in [4.78, 5) is 2.79. The van der Waals surface area contributed by atoms with Gasteiger partial charge in [0, 0.05) is 20.8 Å². The molecule has 19 heavy (non-hydrogen) atoms. The first kappa shape index (κ1) is 14.5. The van der Waals surface area contributed by atoms with Crippen molar-refractivity contribution in [1.82, 2.24) is 5.43 Å². The molecule has 0 bridgehead atoms. The molecule has 1 aromatic heterocycles. The Balaban J connectivity index is 2.02. The summed E-state index contributed by atoms with van der Waals surface area (Å²) in [6, 6.07) is 12.5. The lowest BCUT2D eigenvalue weighted by Gasteiger charge is -2.15. The third-order valence-electron chi connectivity index (χ3n) is 3.17. The summed E-state index contributed by atoms with van der Waals surface area (Å²) in [6.45, 7) is 2.18. The molecule has 0 spiro atoms. The van der Waals surface area contributed by atoms with E-state index in [0.29, 0.717) is 0 Å². The Kier molecular flexibility index (Phi) is 5.40. The Hall–Kier alpha value is -0.870. The van der Waals surface area contributed by atoms with Crippen molar-refractivity contribution >= 4 is 22.9 Å². The molecule has 1 unspecified atom stereocenters. The minimum atomic E-state index is 0.211. The van der Waals surface area contributed by atoms with Gasteiger partial charge >= 0.3 is 0 Å². The van der Waals surface area contributed by atoms with E-state index in [0.717, 1.165) is 29.8 Å². The van der Waals surface area contributed by atoms with E-state index in [1.807, 2.05) is 29.5 Å². The average Bonchev–Trinajstić information content (AvgIpc) is 2.88. The van der Waals surface area contributed by atoms with Crippen LogP contribution in [-0.2, 0) is 19.3 Å². The smallest absolute Gasteiger partial charge is 0.0438 e. The van der Waals surface area contributed by atoms with Gasteiger partial charge in [-0.1, -0.05) is 36.7 Å². The first-order chi connectivity index (χ1) is 9.22. The zero-order valence-electron chi connectivity index (χ0n) is 11.0. The van der Waals surface area contributed by atoms with Gasteiger partial charge in [-0.05, 0) is 43.0 Å². The number of hydrogen-bond acceptors (Lipinski definition) is 3. The molecule has 0 aliphatic rings. The molecular formula is C15H19ClN2S. The van der Waals surface area contributed by atoms with Crippen molar-refractivity contribution in [1.29, 1.82) is 0 Å². The number of nitrogens with two attached hydrogens (primary N) is 1. The Labute approximate surface area is 123 Å². The van der Waals surface area contributed by atoms with E-state index in [2.05, 4.69) is 30.5 Å². The fourth-order valence-electron chi connectivity index (χ4n) is 2.08. The summed E-state index contributed by atoms with van der Waals surface area (Å²) in [5.41, 5.74) is 4.04. The highest BCUT2D eigenvalue weighted by Gasteiger charge is 2.12. The molecule has 2 nitrogen and oxygen atoms in total. The highest BCUT2D eigenvalue weighted by atomic mass is 35.5. The summed E-state index contributed by atoms with van der Waals surface area (Å²) < 4.78 is 0. The number of benzene rings is 1. The van der Waals surface area contributed by atoms with Crippen molar-refractivity contribution in [3.8, 4) is 0 Å². The molecule has 0 fully saturated rings. The van der Waals surface area contributed by atoms with Crippen LogP contribution < -0.4 is 11.3 Å². The van der Waals surface area contributed by atoms with Gasteiger partial charge in [0.05, 0.1) is 0 Å². The van der Waals surface area contributed by atoms with E-state index in [1.54, 1.807) is 0 Å². The van der Waals surface area contributed by atoms with Crippen molar-refractivity contribution in [2.75, 3.05) is 0 Å². The number of hydrogen-bond donors (Lipinski definition) is 2. The lowest BCUT2D eigenvalue weighted by atomic mass is 10.0. The second kappa shape index (κ2) is 7.06. The minimum Gasteiger partial charge on any atom is -0.271 e. The van der Waals surface area contributed by atoms with Crippen LogP contribution in [0, 0.1) is 0 Å². The molecular weight excluding hydrogens is 276 g/mol. The normalized spacial score (nSPS) is 12.6. The molecule has 0 saturated heterocycles. The highest BCUT2D eigenvalue weighted by Crippen LogP contribution is 2.21. The monoisotopic (exact) mass is 294 g/mol. The topological polar surface area (TPSA) is 38.0 Å². The van der Waals surface area contributed by atoms with Crippen LogP contribution in [0.5, 0.6) is 0 Å². The number of nitrogens with one attached hydrogen (secondary N) is 1. The van der Waals surface area contributed by atoms with Crippen molar-refractivity contribution < 1.29 is 0 Å². The number of halogens is 1. The Morgan fingerprint density at radius 1 is 1.16 bits per heavy atom. The lowest BCUT2D eigenvalue weighted by molar-refractivity contribution is 0.526. The molecule has 1 atom stereocenters. The first-order valence-electron chi connectivity index (χ1n) is 6.50. The van der Waals surface area contributed by atoms with Gasteiger partial charge in [0.1, 0.15) is 0 Å². The molecule has 2 rings (SSSR count). The summed E-state index contributed by atoms with van der Waals surface area (Å²) >= 11 is 8.05. The van der Waals surface area contributed by atoms with Crippen LogP contribution in [0.3, 0.4) is 0 Å². The van der Waals surface area contributed by atoms with Gasteiger partial charge in [-0.25, -0.2) is 0 Å². The summed E-state index contributed by atoms with van der Waals surface area (Å²) in [6.07, 6.45) is 2.87. The minimum absolute atomic E-state index is 0.211. The molecule has 2 aromatic rings. The van der Waals surface area contributed by atoms with Crippen molar-refractivity contribution in [2.45, 2.75) is 32.2 Å². The molecule has 4 heteroatoms. The van der Waals surface area contributed by atoms with Gasteiger partial charge in [-0.15, -0.1) is 11.3 Å². The van der Waals surface area contributed by atoms with Crippen LogP contribution in [-0.4, -0.2) is 6.04 Å². The van der Waals surface area contributed by atoms with Gasteiger partial charge in [0.15, 0.2) is 0 Å². The van der Waals surface area contributed by atoms with E-state index in [1.165, 1.54) is 9.75 Å². The van der Waals surface area contributed by atoms with Gasteiger partial charge in [0.2, 0.25) is 0 Å². The third-order valence-corrected chi connectivity index (χ3v) is 4.79. The predicted molar refractivity (Wildman–Crippen MR) is 83.7 cm³/mol. The maximum absolute atomic E-state index is 6.19. The lowest BCUT2D eigenvalue weighted by Crippen LogP contribution is -2.38. The van der Waals surface area contributed by atoms with Crippen molar-refractivity contribution in [2.24, 2.45) is 5.84 Å². The molecule has 102 valence electrons. The zero-order chi connectivity index (χ0) is 13.7. The van der Waals surface area contributed by atoms with E-state index in [-0.39, 0.29) is 6.04 Å². The van der Waals surface area contributed by atoms with Crippen LogP contribution in [0.4, 0.5) is 0 Å². The van der Waals surface area contributed by atoms with Crippen LogP contribution in [0.2, 0.25) is 5.02 Å². The molecule has 0 aliphatic carbocycles. The SMILES string of the molecule is CCc1ccc(CC(Cc2ccccc2Cl)NN)s1. The molecule has 0 radical (unpaired) electrons. The fourth-order valence-corrected chi connectivity index (χ4v) is 3.33. The fraction of sp³-hybridized carbons (Fsp3) is 0.333. The molecule has 0 amide bonds. The highest BCUT2D eigenvalue weighted by molar-refractivity contribution is 7.11. The largest absolute Gasteiger partial charge is 0.271 e. The summed E-state index contributed by atoms with van der Waals surface area (Å²) in [5.74, 6) is 5.67. The van der Waals surface area contributed by atoms with Crippen LogP contribution >= 0.6 is 22.9 Å². The number of aryl methyl sites for hydroxylation is 1. The maximum Gasteiger partial charge on any atom is 0.0438 e. The molecule has 1 heterocycles. The first-order valence-corrected chi connectivity index (χ1v) is 7.69. The van der Waals surface area contributed by atoms with E-state index >= 15 is 0 Å². The third kappa shape index (κ3) is 4.05. The predicted octanol–water partition coefficient (Wildman–Crippen LogP) is 3.58. The average molecular weight is 295 g/mol. The Bertz CT molecular complexity index is 524. The second-order valence-electron chi connectivity index (χ2n) is 4.58. The van der Waals surface area contributed by atoms with E-state index in [4.69, 9.17) is 17.4 Å². The van der Waals surface area contributed by atoms with Gasteiger partial charge in [-0.3, -0.25) is 11.3 Å². The second-order valence-corrected chi connectivity index (χ2v) is 6.24. The summed E-state index contributed by atoms with van der Waals surface area (Å²) in [5, 5.41) is 0.808. The quantitative estimate of drug-likeness (QED) is 0.631. The number of hydrazine groups is 1. The molecule has 0 aliphatic heterocycles. The molecule has 3 N–H and O–H groups in total. The van der Waals surface area contributed by atoms with Crippen LogP contribution in [0.1, 0.15) is 22.2 Å². The Morgan fingerprint density at radius 3 is 2.53 bits per heavy atom. The van der Waals surface area contributed by atoms with Crippen LogP contribution in [0.15, 0.2) is 36.4 Å². The Morgan fingerprint density at radius 2 is 1.89 bits per heavy atom. The van der Waals surface area contributed by atoms with Crippen LogP contribution in [0.25, 0.3) is 0 Å². The molecule has 0 saturated carbocycles. The maximum atomic E-state index is 6.19. The van der Waals surface area contributed by atoms with E-state index in [9.17, 15) is 0 Å². The zero-order valence-corrected chi connectivity index (χ0v) is 12.6.